The number of benzene rings is 3. The van der Waals surface area contributed by atoms with Crippen LogP contribution >= 0.6 is 0 Å². The van der Waals surface area contributed by atoms with E-state index >= 15 is 0 Å². The summed E-state index contributed by atoms with van der Waals surface area (Å²) in [6.07, 6.45) is 1.24. The highest BCUT2D eigenvalue weighted by Gasteiger charge is 2.28. The number of nitrogens with zero attached hydrogens (tertiary/aromatic N) is 2. The fourth-order valence-electron chi connectivity index (χ4n) is 5.35. The van der Waals surface area contributed by atoms with E-state index in [2.05, 4.69) is 15.6 Å². The van der Waals surface area contributed by atoms with Crippen molar-refractivity contribution in [2.75, 3.05) is 13.7 Å². The number of rotatable bonds is 11. The van der Waals surface area contributed by atoms with E-state index in [1.54, 1.807) is 32.9 Å². The Labute approximate surface area is 289 Å². The van der Waals surface area contributed by atoms with Gasteiger partial charge < -0.3 is 29.3 Å². The van der Waals surface area contributed by atoms with Gasteiger partial charge in [0.1, 0.15) is 30.3 Å². The van der Waals surface area contributed by atoms with E-state index < -0.39 is 42.1 Å². The zero-order valence-corrected chi connectivity index (χ0v) is 28.8. The summed E-state index contributed by atoms with van der Waals surface area (Å²) < 4.78 is 23.4. The lowest BCUT2D eigenvalue weighted by Crippen LogP contribution is -2.37. The third-order valence-electron chi connectivity index (χ3n) is 7.68. The number of ether oxygens (including phenoxy) is 3. The van der Waals surface area contributed by atoms with E-state index in [9.17, 15) is 19.2 Å². The summed E-state index contributed by atoms with van der Waals surface area (Å²) in [5, 5.41) is 5.83. The first-order chi connectivity index (χ1) is 23.9. The maximum Gasteiger partial charge on any atom is 0.418 e. The van der Waals surface area contributed by atoms with Crippen LogP contribution in [0.15, 0.2) is 89.7 Å². The number of nitrogens with one attached hydrogen (secondary N) is 2. The first-order valence-electron chi connectivity index (χ1n) is 16.1. The van der Waals surface area contributed by atoms with Crippen LogP contribution in [0.3, 0.4) is 0 Å². The molecule has 0 bridgehead atoms. The van der Waals surface area contributed by atoms with Gasteiger partial charge in [-0.15, -0.1) is 0 Å². The van der Waals surface area contributed by atoms with Gasteiger partial charge in [0.25, 0.3) is 5.91 Å². The molecule has 0 aliphatic heterocycles. The minimum atomic E-state index is -0.705. The van der Waals surface area contributed by atoms with E-state index in [0.717, 1.165) is 11.8 Å². The van der Waals surface area contributed by atoms with Crippen molar-refractivity contribution < 1.29 is 37.8 Å². The van der Waals surface area contributed by atoms with Gasteiger partial charge in [0.2, 0.25) is 5.89 Å². The normalized spacial score (nSPS) is 12.0. The Balaban J connectivity index is 1.40. The number of carbonyl (C=O) groups is 4. The lowest BCUT2D eigenvalue weighted by molar-refractivity contribution is 0.0479. The molecule has 0 unspecified atom stereocenters. The molecular formula is C38H40N4O8. The molecule has 50 heavy (non-hydrogen) atoms. The van der Waals surface area contributed by atoms with Gasteiger partial charge in [-0.25, -0.2) is 14.6 Å². The zero-order chi connectivity index (χ0) is 36.0. The zero-order valence-electron chi connectivity index (χ0n) is 28.8. The van der Waals surface area contributed by atoms with Crippen LogP contribution in [0.2, 0.25) is 0 Å². The lowest BCUT2D eigenvalue weighted by atomic mass is 9.97. The SMILES string of the molecule is COC(=O)n1cc(C(=O)CNC(=O)c2coc([C@@H](NC(=O)OC(C)(C)C)C(C)C)n2)c2c(-c3ccccc3OCc3ccccc3)cccc21. The average Bonchev–Trinajstić information content (AvgIpc) is 3.74. The van der Waals surface area contributed by atoms with Gasteiger partial charge in [-0.1, -0.05) is 74.5 Å². The molecule has 12 heteroatoms. The Morgan fingerprint density at radius 3 is 2.32 bits per heavy atom. The fraction of sp³-hybridized carbons (Fsp3) is 0.289. The van der Waals surface area contributed by atoms with Crippen molar-refractivity contribution in [1.82, 2.24) is 20.2 Å². The quantitative estimate of drug-likeness (QED) is 0.137. The van der Waals surface area contributed by atoms with Gasteiger partial charge in [-0.05, 0) is 49.9 Å². The molecule has 2 heterocycles. The molecular weight excluding hydrogens is 640 g/mol. The molecule has 0 saturated carbocycles. The summed E-state index contributed by atoms with van der Waals surface area (Å²) in [4.78, 5) is 56.5. The molecule has 3 aromatic carbocycles. The minimum absolute atomic E-state index is 0.0772. The molecule has 2 N–H and O–H groups in total. The largest absolute Gasteiger partial charge is 0.488 e. The molecule has 0 saturated heterocycles. The summed E-state index contributed by atoms with van der Waals surface area (Å²) in [6.45, 7) is 8.88. The van der Waals surface area contributed by atoms with Crippen molar-refractivity contribution in [3.05, 3.63) is 108 Å². The smallest absolute Gasteiger partial charge is 0.418 e. The van der Waals surface area contributed by atoms with Crippen LogP contribution in [0.1, 0.15) is 73.0 Å². The number of Topliss-reactive ketones (excluding diaryl/α,β-unsaturated/α-hetero) is 1. The van der Waals surface area contributed by atoms with Crippen LogP contribution in [0.5, 0.6) is 5.75 Å². The third kappa shape index (κ3) is 8.20. The highest BCUT2D eigenvalue weighted by atomic mass is 16.6. The molecule has 0 aliphatic rings. The highest BCUT2D eigenvalue weighted by molar-refractivity contribution is 6.16. The van der Waals surface area contributed by atoms with Crippen LogP contribution < -0.4 is 15.4 Å². The summed E-state index contributed by atoms with van der Waals surface area (Å²) >= 11 is 0. The second-order valence-electron chi connectivity index (χ2n) is 12.9. The van der Waals surface area contributed by atoms with Crippen LogP contribution in [-0.4, -0.2) is 52.7 Å². The molecule has 2 aromatic heterocycles. The summed E-state index contributed by atoms with van der Waals surface area (Å²) in [7, 11) is 1.26. The second kappa shape index (κ2) is 15.1. The first kappa shape index (κ1) is 35.4. The number of oxazole rings is 1. The number of fused-ring (bicyclic) bond motifs is 1. The number of methoxy groups -OCH3 is 1. The van der Waals surface area contributed by atoms with E-state index in [1.807, 2.05) is 74.5 Å². The van der Waals surface area contributed by atoms with Crippen molar-refractivity contribution in [3.8, 4) is 16.9 Å². The van der Waals surface area contributed by atoms with Gasteiger partial charge in [-0.2, -0.15) is 0 Å². The third-order valence-corrected chi connectivity index (χ3v) is 7.68. The Morgan fingerprint density at radius 2 is 1.62 bits per heavy atom. The number of alkyl carbamates (subject to hydrolysis) is 1. The van der Waals surface area contributed by atoms with Gasteiger partial charge in [0, 0.05) is 22.7 Å². The topological polar surface area (TPSA) is 151 Å². The number of para-hydroxylation sites is 1. The van der Waals surface area contributed by atoms with Crippen molar-refractivity contribution in [3.63, 3.8) is 0 Å². The Bertz CT molecular complexity index is 2010. The number of amides is 2. The van der Waals surface area contributed by atoms with Crippen molar-refractivity contribution >= 4 is 34.8 Å². The molecule has 12 nitrogen and oxygen atoms in total. The number of carbonyl (C=O) groups excluding carboxylic acids is 4. The molecule has 0 radical (unpaired) electrons. The highest BCUT2D eigenvalue weighted by Crippen LogP contribution is 2.38. The predicted molar refractivity (Wildman–Crippen MR) is 186 cm³/mol. The molecule has 5 rings (SSSR count). The molecule has 260 valence electrons. The molecule has 2 amide bonds. The molecule has 5 aromatic rings. The van der Waals surface area contributed by atoms with E-state index in [0.29, 0.717) is 34.4 Å². The number of ketones is 1. The van der Waals surface area contributed by atoms with E-state index in [-0.39, 0.29) is 23.1 Å². The molecule has 0 aliphatic carbocycles. The maximum absolute atomic E-state index is 13.8. The lowest BCUT2D eigenvalue weighted by Gasteiger charge is -2.24. The summed E-state index contributed by atoms with van der Waals surface area (Å²) in [6, 6.07) is 21.9. The van der Waals surface area contributed by atoms with Crippen LogP contribution in [0.25, 0.3) is 22.0 Å². The Kier molecular flexibility index (Phi) is 10.7. The van der Waals surface area contributed by atoms with Gasteiger partial charge in [-0.3, -0.25) is 14.2 Å². The number of aromatic nitrogens is 2. The second-order valence-corrected chi connectivity index (χ2v) is 12.9. The minimum Gasteiger partial charge on any atom is -0.488 e. The number of hydrogen-bond acceptors (Lipinski definition) is 9. The van der Waals surface area contributed by atoms with Crippen LogP contribution in [0.4, 0.5) is 9.59 Å². The average molecular weight is 681 g/mol. The van der Waals surface area contributed by atoms with Crippen molar-refractivity contribution in [1.29, 1.82) is 0 Å². The van der Waals surface area contributed by atoms with Gasteiger partial charge >= 0.3 is 12.2 Å². The Morgan fingerprint density at radius 1 is 0.920 bits per heavy atom. The number of hydrogen-bond donors (Lipinski definition) is 2. The molecule has 1 atom stereocenters. The van der Waals surface area contributed by atoms with Gasteiger partial charge in [0.05, 0.1) is 19.2 Å². The van der Waals surface area contributed by atoms with Crippen molar-refractivity contribution in [2.24, 2.45) is 5.92 Å². The molecule has 0 spiro atoms. The van der Waals surface area contributed by atoms with E-state index in [4.69, 9.17) is 18.6 Å². The maximum atomic E-state index is 13.8. The van der Waals surface area contributed by atoms with Crippen molar-refractivity contribution in [2.45, 2.75) is 52.9 Å². The molecule has 0 fully saturated rings. The fourth-order valence-corrected chi connectivity index (χ4v) is 5.35. The standard InChI is InChI=1S/C38H40N4O8/c1-23(2)33(41-36(45)50-38(3,4)5)35-40-28(22-49-35)34(44)39-19-30(43)27-20-42(37(46)47-6)29-17-12-16-26(32(27)29)25-15-10-11-18-31(25)48-21-24-13-8-7-9-14-24/h7-18,20,22-23,33H,19,21H2,1-6H3,(H,39,44)(H,41,45)/t33-/m0/s1. The van der Waals surface area contributed by atoms with E-state index in [1.165, 1.54) is 17.9 Å². The first-order valence-corrected chi connectivity index (χ1v) is 16.1. The van der Waals surface area contributed by atoms with Crippen LogP contribution in [0, 0.1) is 5.92 Å². The predicted octanol–water partition coefficient (Wildman–Crippen LogP) is 7.32. The summed E-state index contributed by atoms with van der Waals surface area (Å²) in [5.41, 5.74) is 2.21. The van der Waals surface area contributed by atoms with Gasteiger partial charge in [0.15, 0.2) is 11.5 Å². The van der Waals surface area contributed by atoms with Crippen LogP contribution in [-0.2, 0) is 16.1 Å². The monoisotopic (exact) mass is 680 g/mol. The summed E-state index contributed by atoms with van der Waals surface area (Å²) in [5.74, 6) is -0.569. The Hall–Kier alpha value is -5.91.